The number of halogens is 2. The summed E-state index contributed by atoms with van der Waals surface area (Å²) in [6.45, 7) is 8.69. The first-order chi connectivity index (χ1) is 33.1. The fraction of sp³-hybridized carbons (Fsp3) is 0.346. The van der Waals surface area contributed by atoms with Crippen LogP contribution in [0.25, 0.3) is 33.5 Å². The van der Waals surface area contributed by atoms with E-state index in [1.54, 1.807) is 25.1 Å². The number of amides is 5. The summed E-state index contributed by atoms with van der Waals surface area (Å²) < 4.78 is 42.3. The van der Waals surface area contributed by atoms with Gasteiger partial charge in [0.25, 0.3) is 11.8 Å². The Morgan fingerprint density at radius 3 is 2.29 bits per heavy atom. The minimum absolute atomic E-state index is 0.0668. The molecule has 0 saturated carbocycles. The Balaban J connectivity index is 0.777. The van der Waals surface area contributed by atoms with Crippen LogP contribution in [0.5, 0.6) is 5.75 Å². The summed E-state index contributed by atoms with van der Waals surface area (Å²) in [4.78, 5) is 69.1. The van der Waals surface area contributed by atoms with Crippen LogP contribution in [0.2, 0.25) is 0 Å². The fourth-order valence-corrected chi connectivity index (χ4v) is 9.36. The first-order valence-corrected chi connectivity index (χ1v) is 23.2. The first kappa shape index (κ1) is 47.0. The highest BCUT2D eigenvalue weighted by atomic mass is 19.1. The summed E-state index contributed by atoms with van der Waals surface area (Å²) in [5, 5.41) is 15.9. The number of methoxy groups -OCH3 is 1. The Hall–Kier alpha value is -7.08. The molecule has 3 aliphatic heterocycles. The van der Waals surface area contributed by atoms with E-state index in [0.29, 0.717) is 63.5 Å². The smallest absolute Gasteiger partial charge is 0.328 e. The van der Waals surface area contributed by atoms with Crippen molar-refractivity contribution in [1.82, 2.24) is 30.1 Å². The molecule has 17 heteroatoms. The van der Waals surface area contributed by atoms with Crippen molar-refractivity contribution in [3.05, 3.63) is 125 Å². The van der Waals surface area contributed by atoms with Gasteiger partial charge in [-0.2, -0.15) is 0 Å². The second-order valence-corrected chi connectivity index (χ2v) is 18.4. The van der Waals surface area contributed by atoms with E-state index in [0.717, 1.165) is 62.6 Å². The molecule has 3 fully saturated rings. The van der Waals surface area contributed by atoms with Crippen molar-refractivity contribution < 1.29 is 42.5 Å². The maximum absolute atomic E-state index is 15.2. The predicted octanol–water partition coefficient (Wildman–Crippen LogP) is 8.10. The van der Waals surface area contributed by atoms with Crippen LogP contribution < -0.4 is 20.3 Å². The van der Waals surface area contributed by atoms with E-state index >= 15 is 8.78 Å². The number of nitrogens with one attached hydrogen (secondary N) is 3. The SMILES string of the molecule is COc1ccc(C(=O)N2CCC(OC3CCN(Cc4ccc(-c5cc6c(-c7cc(F)cc(NC(=O)c8ccc(C(C)(C)O)cc8F)c7C)ncnc6[nH]5)cc4)CC3)CC2)cc1N1CCC(=O)NC1=O. The number of carbonyl (C=O) groups is 4. The number of likely N-dealkylation sites (tertiary alicyclic amines) is 2. The number of aliphatic hydroxyl groups is 1. The predicted molar refractivity (Wildman–Crippen MR) is 256 cm³/mol. The van der Waals surface area contributed by atoms with E-state index in [1.165, 1.54) is 62.0 Å². The van der Waals surface area contributed by atoms with Gasteiger partial charge < -0.3 is 29.8 Å². The van der Waals surface area contributed by atoms with E-state index in [-0.39, 0.29) is 48.2 Å². The molecule has 0 atom stereocenters. The van der Waals surface area contributed by atoms with Crippen LogP contribution in [0, 0.1) is 18.6 Å². The van der Waals surface area contributed by atoms with Gasteiger partial charge in [-0.15, -0.1) is 0 Å². The number of carbonyl (C=O) groups excluding carboxylic acids is 4. The van der Waals surface area contributed by atoms with E-state index in [9.17, 15) is 24.3 Å². The molecule has 0 bridgehead atoms. The van der Waals surface area contributed by atoms with Crippen molar-refractivity contribution in [2.45, 2.75) is 77.2 Å². The lowest BCUT2D eigenvalue weighted by atomic mass is 9.96. The van der Waals surface area contributed by atoms with E-state index in [2.05, 4.69) is 54.8 Å². The number of ether oxygens (including phenoxy) is 2. The topological polar surface area (TPSA) is 182 Å². The number of rotatable bonds is 12. The molecule has 9 rings (SSSR count). The zero-order valence-electron chi connectivity index (χ0n) is 38.9. The van der Waals surface area contributed by atoms with Gasteiger partial charge in [-0.25, -0.2) is 23.5 Å². The lowest BCUT2D eigenvalue weighted by molar-refractivity contribution is -0.120. The molecule has 15 nitrogen and oxygen atoms in total. The third-order valence-corrected chi connectivity index (χ3v) is 13.3. The minimum Gasteiger partial charge on any atom is -0.495 e. The van der Waals surface area contributed by atoms with Crippen molar-refractivity contribution in [2.24, 2.45) is 0 Å². The number of H-pyrrole nitrogens is 1. The van der Waals surface area contributed by atoms with Gasteiger partial charge in [0, 0.05) is 73.6 Å². The average Bonchev–Trinajstić information content (AvgIpc) is 3.78. The number of piperidine rings is 2. The average molecular weight is 941 g/mol. The van der Waals surface area contributed by atoms with Gasteiger partial charge in [0.15, 0.2) is 0 Å². The Morgan fingerprint density at radius 1 is 0.884 bits per heavy atom. The summed E-state index contributed by atoms with van der Waals surface area (Å²) in [5.41, 5.74) is 4.74. The number of imide groups is 1. The number of nitrogens with zero attached hydrogens (tertiary/aromatic N) is 5. The van der Waals surface area contributed by atoms with Crippen LogP contribution in [-0.4, -0.2) is 106 Å². The molecule has 0 spiro atoms. The van der Waals surface area contributed by atoms with Gasteiger partial charge in [0.05, 0.1) is 41.9 Å². The second kappa shape index (κ2) is 19.5. The highest BCUT2D eigenvalue weighted by Crippen LogP contribution is 2.36. The number of fused-ring (bicyclic) bond motifs is 1. The number of urea groups is 1. The highest BCUT2D eigenvalue weighted by molar-refractivity contribution is 6.07. The molecule has 0 aliphatic carbocycles. The standard InChI is InChI=1S/C52H54F2N8O7/c1-30-39(25-35(53)26-42(30)58-49(64)38-11-10-34(24-41(38)54)52(2,3)67)47-40-27-43(57-48(40)56-29-55-47)32-7-5-31(6-8-32)28-60-18-13-36(14-19-60)69-37-15-20-61(21-16-37)50(65)33-9-12-45(68-4)44(23-33)62-22-17-46(63)59-51(62)66/h5-12,23-27,29,36-37,67H,13-22,28H2,1-4H3,(H,58,64)(H,55,56,57)(H,59,63,66). The lowest BCUT2D eigenvalue weighted by Crippen LogP contribution is -2.49. The van der Waals surface area contributed by atoms with Crippen molar-refractivity contribution in [3.8, 4) is 28.3 Å². The molecular weight excluding hydrogens is 887 g/mol. The molecule has 3 aliphatic rings. The molecule has 4 N–H and O–H groups in total. The van der Waals surface area contributed by atoms with Gasteiger partial charge in [0.2, 0.25) is 5.91 Å². The third-order valence-electron chi connectivity index (χ3n) is 13.3. The van der Waals surface area contributed by atoms with Crippen LogP contribution in [-0.2, 0) is 21.7 Å². The Labute approximate surface area is 397 Å². The molecule has 5 amide bonds. The summed E-state index contributed by atoms with van der Waals surface area (Å²) >= 11 is 0. The van der Waals surface area contributed by atoms with Gasteiger partial charge in [0.1, 0.15) is 29.4 Å². The molecule has 358 valence electrons. The number of aromatic amines is 1. The Morgan fingerprint density at radius 2 is 1.61 bits per heavy atom. The van der Waals surface area contributed by atoms with Gasteiger partial charge >= 0.3 is 6.03 Å². The van der Waals surface area contributed by atoms with E-state index in [1.807, 2.05) is 11.0 Å². The van der Waals surface area contributed by atoms with Crippen LogP contribution in [0.3, 0.4) is 0 Å². The molecule has 3 saturated heterocycles. The molecule has 0 radical (unpaired) electrons. The van der Waals surface area contributed by atoms with Crippen LogP contribution in [0.4, 0.5) is 25.0 Å². The highest BCUT2D eigenvalue weighted by Gasteiger charge is 2.31. The van der Waals surface area contributed by atoms with Crippen molar-refractivity contribution >= 4 is 46.2 Å². The Kier molecular flexibility index (Phi) is 13.3. The maximum Gasteiger partial charge on any atom is 0.328 e. The normalized spacial score (nSPS) is 16.5. The molecule has 4 aromatic carbocycles. The van der Waals surface area contributed by atoms with Gasteiger partial charge in [-0.1, -0.05) is 30.3 Å². The number of anilines is 2. The van der Waals surface area contributed by atoms with Crippen molar-refractivity contribution in [1.29, 1.82) is 0 Å². The molecule has 5 heterocycles. The molecular formula is C52H54F2N8O7. The summed E-state index contributed by atoms with van der Waals surface area (Å²) in [6.07, 6.45) is 5.07. The zero-order valence-corrected chi connectivity index (χ0v) is 38.9. The summed E-state index contributed by atoms with van der Waals surface area (Å²) in [5.74, 6) is -2.19. The second-order valence-electron chi connectivity index (χ2n) is 18.4. The molecule has 2 aromatic heterocycles. The molecule has 0 unspecified atom stereocenters. The molecule has 6 aromatic rings. The van der Waals surface area contributed by atoms with Crippen LogP contribution in [0.15, 0.2) is 85.2 Å². The van der Waals surface area contributed by atoms with Crippen molar-refractivity contribution in [2.75, 3.05) is 50.1 Å². The maximum atomic E-state index is 15.2. The number of benzene rings is 4. The minimum atomic E-state index is -1.29. The largest absolute Gasteiger partial charge is 0.495 e. The number of aromatic nitrogens is 3. The monoisotopic (exact) mass is 940 g/mol. The quantitative estimate of drug-likeness (QED) is 0.0936. The summed E-state index contributed by atoms with van der Waals surface area (Å²) in [6, 6.07) is 21.2. The van der Waals surface area contributed by atoms with Gasteiger partial charge in [-0.3, -0.25) is 29.5 Å². The first-order valence-electron chi connectivity index (χ1n) is 23.2. The zero-order chi connectivity index (χ0) is 48.6. The summed E-state index contributed by atoms with van der Waals surface area (Å²) in [7, 11) is 1.50. The van der Waals surface area contributed by atoms with E-state index < -0.39 is 29.2 Å². The Bertz CT molecular complexity index is 2940. The number of hydrogen-bond donors (Lipinski definition) is 4. The van der Waals surface area contributed by atoms with Crippen LogP contribution >= 0.6 is 0 Å². The lowest BCUT2D eigenvalue weighted by Gasteiger charge is -2.37. The van der Waals surface area contributed by atoms with Crippen molar-refractivity contribution in [3.63, 3.8) is 0 Å². The van der Waals surface area contributed by atoms with E-state index in [4.69, 9.17) is 9.47 Å². The van der Waals surface area contributed by atoms with Crippen LogP contribution in [0.1, 0.15) is 83.4 Å². The fourth-order valence-electron chi connectivity index (χ4n) is 9.36. The van der Waals surface area contributed by atoms with Gasteiger partial charge in [-0.05, 0) is 117 Å². The third kappa shape index (κ3) is 10.2. The number of hydrogen-bond acceptors (Lipinski definition) is 10. The molecule has 69 heavy (non-hydrogen) atoms.